The summed E-state index contributed by atoms with van der Waals surface area (Å²) in [5.41, 5.74) is 7.90. The van der Waals surface area contributed by atoms with Crippen molar-refractivity contribution in [3.63, 3.8) is 0 Å². The highest BCUT2D eigenvalue weighted by Crippen LogP contribution is 2.48. The maximum atomic E-state index is 14.5. The van der Waals surface area contributed by atoms with Crippen LogP contribution in [0.2, 0.25) is 10.0 Å². The van der Waals surface area contributed by atoms with Gasteiger partial charge in [-0.05, 0) is 66.4 Å². The fourth-order valence-electron chi connectivity index (χ4n) is 6.49. The van der Waals surface area contributed by atoms with E-state index in [1.54, 1.807) is 84.0 Å². The van der Waals surface area contributed by atoms with Gasteiger partial charge in [0.05, 0.1) is 29.3 Å². The van der Waals surface area contributed by atoms with Crippen LogP contribution in [-0.4, -0.2) is 38.6 Å². The Morgan fingerprint density at radius 1 is 0.787 bits per heavy atom. The normalized spacial score (nSPS) is 20.7. The maximum Gasteiger partial charge on any atom is 0.254 e. The first-order valence-electron chi connectivity index (χ1n) is 15.4. The van der Waals surface area contributed by atoms with Crippen molar-refractivity contribution in [2.24, 2.45) is 5.92 Å². The van der Waals surface area contributed by atoms with E-state index in [1.807, 2.05) is 12.1 Å². The molecule has 1 aliphatic heterocycles. The lowest BCUT2D eigenvalue weighted by Crippen LogP contribution is -2.56. The number of hydroxylamine groups is 2. The number of carbonyl (C=O) groups excluding carboxylic acids is 3. The Morgan fingerprint density at radius 3 is 2.09 bits per heavy atom. The van der Waals surface area contributed by atoms with Crippen molar-refractivity contribution in [2.75, 3.05) is 0 Å². The van der Waals surface area contributed by atoms with E-state index in [-0.39, 0.29) is 25.0 Å². The van der Waals surface area contributed by atoms with Crippen LogP contribution < -0.4 is 11.0 Å². The Labute approximate surface area is 282 Å². The van der Waals surface area contributed by atoms with E-state index < -0.39 is 29.8 Å². The number of nitrogens with one attached hydrogen (secondary N) is 2. The number of hydrogen-bond donors (Lipinski definition) is 2. The molecule has 3 amide bonds. The van der Waals surface area contributed by atoms with Crippen molar-refractivity contribution in [1.82, 2.24) is 25.8 Å². The van der Waals surface area contributed by atoms with Crippen LogP contribution in [0.4, 0.5) is 0 Å². The first-order valence-corrected chi connectivity index (χ1v) is 16.2. The van der Waals surface area contributed by atoms with Crippen molar-refractivity contribution >= 4 is 40.9 Å². The number of carbonyl (C=O) groups is 3. The van der Waals surface area contributed by atoms with Gasteiger partial charge in [0.15, 0.2) is 0 Å². The monoisotopic (exact) mass is 673 g/mol. The molecule has 0 spiro atoms. The Balaban J connectivity index is 1.35. The maximum absolute atomic E-state index is 14.5. The molecule has 10 nitrogen and oxygen atoms in total. The van der Waals surface area contributed by atoms with E-state index in [1.165, 1.54) is 0 Å². The lowest BCUT2D eigenvalue weighted by Gasteiger charge is -2.48. The van der Waals surface area contributed by atoms with Gasteiger partial charge in [-0.2, -0.15) is 0 Å². The summed E-state index contributed by atoms with van der Waals surface area (Å²) < 4.78 is 0. The molecule has 12 heteroatoms. The molecule has 6 rings (SSSR count). The lowest BCUT2D eigenvalue weighted by atomic mass is 9.75. The molecule has 4 atom stereocenters. The molecule has 2 aromatic heterocycles. The highest BCUT2D eigenvalue weighted by Gasteiger charge is 2.50. The third kappa shape index (κ3) is 7.31. The second-order valence-electron chi connectivity index (χ2n) is 11.5. The van der Waals surface area contributed by atoms with Crippen molar-refractivity contribution in [3.8, 4) is 0 Å². The van der Waals surface area contributed by atoms with Gasteiger partial charge in [0.1, 0.15) is 13.2 Å². The second-order valence-corrected chi connectivity index (χ2v) is 12.3. The van der Waals surface area contributed by atoms with Crippen LogP contribution in [0.15, 0.2) is 91.3 Å². The Hall–Kier alpha value is -4.35. The van der Waals surface area contributed by atoms with Crippen LogP contribution in [0.1, 0.15) is 70.5 Å². The highest BCUT2D eigenvalue weighted by molar-refractivity contribution is 6.35. The zero-order chi connectivity index (χ0) is 32.8. The predicted molar refractivity (Wildman–Crippen MR) is 175 cm³/mol. The van der Waals surface area contributed by atoms with Gasteiger partial charge >= 0.3 is 0 Å². The summed E-state index contributed by atoms with van der Waals surface area (Å²) in [5, 5.41) is 0.704. The molecule has 0 radical (unpaired) electrons. The van der Waals surface area contributed by atoms with Crippen molar-refractivity contribution in [1.29, 1.82) is 0 Å². The summed E-state index contributed by atoms with van der Waals surface area (Å²) >= 11 is 13.1. The fourth-order valence-corrected chi connectivity index (χ4v) is 7.01. The van der Waals surface area contributed by atoms with Crippen LogP contribution in [0.3, 0.4) is 0 Å². The molecule has 1 aliphatic carbocycles. The standard InChI is InChI=1S/C35H33Cl2N5O5/c36-22-15-16-27(29(37)19-22)32-31(34(44)41-47-21-24-10-6-8-18-39-24)25-11-1-2-12-26(25)35(45)42(32)30-14-4-3-13-28(30)33(43)40-46-20-23-9-5-7-17-38-23/h1-2,5-12,15-19,28,30-32H,3-4,13-14,20-21H2,(H,40,43)(H,41,44)/t28?,30?,31-,32?/m1/s1. The SMILES string of the molecule is O=C(NOCc1ccccn1)C1CCCCC1N1C(=O)c2ccccc2[C@@H](C(=O)NOCc2ccccn2)C1c1ccc(Cl)cc1Cl. The lowest BCUT2D eigenvalue weighted by molar-refractivity contribution is -0.143. The number of amides is 3. The molecule has 2 aromatic carbocycles. The Bertz CT molecular complexity index is 1730. The third-order valence-corrected chi connectivity index (χ3v) is 9.16. The van der Waals surface area contributed by atoms with Gasteiger partial charge in [-0.1, -0.05) is 72.4 Å². The second kappa shape index (κ2) is 15.0. The molecule has 47 heavy (non-hydrogen) atoms. The molecular weight excluding hydrogens is 641 g/mol. The predicted octanol–water partition coefficient (Wildman–Crippen LogP) is 6.12. The number of pyridine rings is 2. The molecule has 3 heterocycles. The molecule has 0 saturated heterocycles. The van der Waals surface area contributed by atoms with Crippen molar-refractivity contribution < 1.29 is 24.1 Å². The van der Waals surface area contributed by atoms with E-state index in [2.05, 4.69) is 20.9 Å². The fraction of sp³-hybridized carbons (Fsp3) is 0.286. The number of nitrogens with zero attached hydrogens (tertiary/aromatic N) is 3. The molecule has 0 bridgehead atoms. The van der Waals surface area contributed by atoms with Gasteiger partial charge in [-0.25, -0.2) is 11.0 Å². The van der Waals surface area contributed by atoms with Gasteiger partial charge in [0, 0.05) is 34.0 Å². The van der Waals surface area contributed by atoms with Crippen LogP contribution >= 0.6 is 23.2 Å². The smallest absolute Gasteiger partial charge is 0.254 e. The minimum absolute atomic E-state index is 0.0410. The van der Waals surface area contributed by atoms with E-state index in [9.17, 15) is 14.4 Å². The highest BCUT2D eigenvalue weighted by atomic mass is 35.5. The van der Waals surface area contributed by atoms with Crippen LogP contribution in [0.5, 0.6) is 0 Å². The quantitative estimate of drug-likeness (QED) is 0.195. The van der Waals surface area contributed by atoms with Crippen molar-refractivity contribution in [2.45, 2.75) is 56.9 Å². The molecule has 242 valence electrons. The van der Waals surface area contributed by atoms with E-state index in [4.69, 9.17) is 32.9 Å². The third-order valence-electron chi connectivity index (χ3n) is 8.60. The average molecular weight is 675 g/mol. The van der Waals surface area contributed by atoms with E-state index in [0.717, 1.165) is 12.8 Å². The van der Waals surface area contributed by atoms with Crippen LogP contribution in [-0.2, 0) is 32.5 Å². The zero-order valence-corrected chi connectivity index (χ0v) is 26.9. The number of aromatic nitrogens is 2. The Kier molecular flexibility index (Phi) is 10.4. The summed E-state index contributed by atoms with van der Waals surface area (Å²) in [7, 11) is 0. The van der Waals surface area contributed by atoms with Crippen LogP contribution in [0, 0.1) is 5.92 Å². The molecule has 1 fully saturated rings. The summed E-state index contributed by atoms with van der Waals surface area (Å²) in [6.45, 7) is 0.128. The van der Waals surface area contributed by atoms with Gasteiger partial charge in [0.2, 0.25) is 5.91 Å². The molecule has 4 aromatic rings. The summed E-state index contributed by atoms with van der Waals surface area (Å²) in [6, 6.07) is 21.4. The van der Waals surface area contributed by atoms with Gasteiger partial charge in [0.25, 0.3) is 11.8 Å². The van der Waals surface area contributed by atoms with Gasteiger partial charge < -0.3 is 4.90 Å². The average Bonchev–Trinajstić information content (AvgIpc) is 3.09. The number of fused-ring (bicyclic) bond motifs is 1. The molecular formula is C35H33Cl2N5O5. The number of hydrogen-bond acceptors (Lipinski definition) is 7. The largest absolute Gasteiger partial charge is 0.327 e. The van der Waals surface area contributed by atoms with Crippen LogP contribution in [0.25, 0.3) is 0 Å². The number of halogens is 2. The molecule has 1 saturated carbocycles. The molecule has 3 unspecified atom stereocenters. The molecule has 2 aliphatic rings. The Morgan fingerprint density at radius 2 is 1.43 bits per heavy atom. The van der Waals surface area contributed by atoms with E-state index >= 15 is 0 Å². The zero-order valence-electron chi connectivity index (χ0n) is 25.4. The molecule has 2 N–H and O–H groups in total. The number of benzene rings is 2. The van der Waals surface area contributed by atoms with E-state index in [0.29, 0.717) is 51.0 Å². The minimum Gasteiger partial charge on any atom is -0.327 e. The topological polar surface area (TPSA) is 123 Å². The first-order chi connectivity index (χ1) is 22.9. The van der Waals surface area contributed by atoms with Crippen molar-refractivity contribution in [3.05, 3.63) is 129 Å². The summed E-state index contributed by atoms with van der Waals surface area (Å²) in [6.07, 6.45) is 5.94. The van der Waals surface area contributed by atoms with Gasteiger partial charge in [-0.3, -0.25) is 34.0 Å². The summed E-state index contributed by atoms with van der Waals surface area (Å²) in [5.74, 6) is -2.67. The number of rotatable bonds is 10. The summed E-state index contributed by atoms with van der Waals surface area (Å²) in [4.78, 5) is 63.7. The first kappa shape index (κ1) is 32.6. The minimum atomic E-state index is -0.933. The van der Waals surface area contributed by atoms with Gasteiger partial charge in [-0.15, -0.1) is 0 Å².